The summed E-state index contributed by atoms with van der Waals surface area (Å²) in [6.07, 6.45) is 2.57. The number of aromatic nitrogens is 2. The van der Waals surface area contributed by atoms with Crippen LogP contribution < -0.4 is 10.0 Å². The van der Waals surface area contributed by atoms with Crippen molar-refractivity contribution in [2.75, 3.05) is 18.4 Å². The molecule has 0 aliphatic carbocycles. The van der Waals surface area contributed by atoms with Crippen LogP contribution in [0.4, 0.5) is 5.82 Å². The van der Waals surface area contributed by atoms with E-state index in [0.717, 1.165) is 0 Å². The molecule has 1 heterocycles. The first-order valence-corrected chi connectivity index (χ1v) is 6.53. The molecule has 0 atom stereocenters. The molecule has 0 aliphatic rings. The zero-order chi connectivity index (χ0) is 12.7. The van der Waals surface area contributed by atoms with Crippen LogP contribution in [0.5, 0.6) is 0 Å². The fourth-order valence-corrected chi connectivity index (χ4v) is 1.94. The van der Waals surface area contributed by atoms with Crippen molar-refractivity contribution in [3.05, 3.63) is 12.4 Å². The molecule has 17 heavy (non-hydrogen) atoms. The Morgan fingerprint density at radius 3 is 2.65 bits per heavy atom. The Hall–Kier alpha value is -1.65. The van der Waals surface area contributed by atoms with Crippen LogP contribution >= 0.6 is 0 Å². The van der Waals surface area contributed by atoms with Crippen LogP contribution in [0.25, 0.3) is 0 Å². The monoisotopic (exact) mass is 254 g/mol. The fourth-order valence-electron chi connectivity index (χ4n) is 1.03. The molecule has 0 radical (unpaired) electrons. The molecule has 0 bridgehead atoms. The molecule has 0 unspecified atom stereocenters. The van der Waals surface area contributed by atoms with Crippen LogP contribution in [0.15, 0.2) is 17.4 Å². The largest absolute Gasteiger partial charge is 0.358 e. The molecule has 0 aromatic carbocycles. The number of nitrogens with zero attached hydrogens (tertiary/aromatic N) is 2. The van der Waals surface area contributed by atoms with Crippen molar-refractivity contribution < 1.29 is 8.42 Å². The maximum absolute atomic E-state index is 11.5. The summed E-state index contributed by atoms with van der Waals surface area (Å²) in [5.41, 5.74) is 0. The minimum absolute atomic E-state index is 0.0912. The molecule has 1 aromatic heterocycles. The van der Waals surface area contributed by atoms with Crippen molar-refractivity contribution in [1.82, 2.24) is 14.7 Å². The molecular formula is C10H14N4O2S. The second kappa shape index (κ2) is 6.18. The highest BCUT2D eigenvalue weighted by Crippen LogP contribution is 2.05. The first-order valence-electron chi connectivity index (χ1n) is 5.05. The lowest BCUT2D eigenvalue weighted by Gasteiger charge is -2.04. The molecule has 0 spiro atoms. The van der Waals surface area contributed by atoms with E-state index in [1.807, 2.05) is 0 Å². The van der Waals surface area contributed by atoms with Gasteiger partial charge in [0.15, 0.2) is 5.03 Å². The topological polar surface area (TPSA) is 84.0 Å². The highest BCUT2D eigenvalue weighted by atomic mass is 32.2. The van der Waals surface area contributed by atoms with Crippen molar-refractivity contribution >= 4 is 15.8 Å². The van der Waals surface area contributed by atoms with Gasteiger partial charge in [0.2, 0.25) is 0 Å². The Labute approximate surface area is 101 Å². The molecule has 92 valence electrons. The Morgan fingerprint density at radius 1 is 1.35 bits per heavy atom. The minimum atomic E-state index is -3.53. The van der Waals surface area contributed by atoms with E-state index in [1.54, 1.807) is 13.8 Å². The summed E-state index contributed by atoms with van der Waals surface area (Å²) in [6, 6.07) is 0. The quantitative estimate of drug-likeness (QED) is 0.734. The average molecular weight is 254 g/mol. The van der Waals surface area contributed by atoms with E-state index >= 15 is 0 Å². The Balaban J connectivity index is 2.76. The molecular weight excluding hydrogens is 240 g/mol. The molecule has 1 aromatic rings. The van der Waals surface area contributed by atoms with Gasteiger partial charge >= 0.3 is 0 Å². The fraction of sp³-hybridized carbons (Fsp3) is 0.400. The molecule has 0 saturated heterocycles. The van der Waals surface area contributed by atoms with E-state index < -0.39 is 10.0 Å². The first kappa shape index (κ1) is 13.4. The van der Waals surface area contributed by atoms with Crippen molar-refractivity contribution in [3.8, 4) is 11.8 Å². The second-order valence-corrected chi connectivity index (χ2v) is 4.74. The van der Waals surface area contributed by atoms with Gasteiger partial charge in [0.05, 0.1) is 18.9 Å². The number of hydrogen-bond acceptors (Lipinski definition) is 5. The molecule has 0 aliphatic heterocycles. The van der Waals surface area contributed by atoms with E-state index in [0.29, 0.717) is 18.9 Å². The van der Waals surface area contributed by atoms with Crippen molar-refractivity contribution in [2.45, 2.75) is 18.9 Å². The van der Waals surface area contributed by atoms with Crippen molar-refractivity contribution in [3.63, 3.8) is 0 Å². The van der Waals surface area contributed by atoms with Crippen LogP contribution in [0.2, 0.25) is 0 Å². The minimum Gasteiger partial charge on any atom is -0.358 e. The third-order valence-corrected chi connectivity index (χ3v) is 3.20. The predicted molar refractivity (Wildman–Crippen MR) is 64.8 cm³/mol. The molecule has 7 heteroatoms. The summed E-state index contributed by atoms with van der Waals surface area (Å²) in [5, 5.41) is 2.80. The van der Waals surface area contributed by atoms with Crippen molar-refractivity contribution in [1.29, 1.82) is 0 Å². The lowest BCUT2D eigenvalue weighted by Crippen LogP contribution is -2.24. The number of hydrogen-bond donors (Lipinski definition) is 2. The number of rotatable bonds is 5. The maximum atomic E-state index is 11.5. The average Bonchev–Trinajstić information content (AvgIpc) is 2.30. The van der Waals surface area contributed by atoms with Gasteiger partial charge in [0.25, 0.3) is 10.0 Å². The van der Waals surface area contributed by atoms with E-state index in [1.165, 1.54) is 12.4 Å². The SMILES string of the molecule is CC#CCNc1cnc(S(=O)(=O)NCC)cn1. The third-order valence-electron chi connectivity index (χ3n) is 1.77. The Bertz CT molecular complexity index is 513. The van der Waals surface area contributed by atoms with Gasteiger partial charge in [-0.05, 0) is 6.92 Å². The van der Waals surface area contributed by atoms with Crippen molar-refractivity contribution in [2.24, 2.45) is 0 Å². The van der Waals surface area contributed by atoms with Gasteiger partial charge in [-0.1, -0.05) is 12.8 Å². The smallest absolute Gasteiger partial charge is 0.259 e. The first-order chi connectivity index (χ1) is 8.10. The van der Waals surface area contributed by atoms with Gasteiger partial charge < -0.3 is 5.32 Å². The summed E-state index contributed by atoms with van der Waals surface area (Å²) in [7, 11) is -3.53. The Kier molecular flexibility index (Phi) is 4.87. The van der Waals surface area contributed by atoms with Gasteiger partial charge in [-0.2, -0.15) is 0 Å². The molecule has 1 rings (SSSR count). The number of nitrogens with one attached hydrogen (secondary N) is 2. The molecule has 6 nitrogen and oxygen atoms in total. The molecule has 2 N–H and O–H groups in total. The zero-order valence-corrected chi connectivity index (χ0v) is 10.5. The highest BCUT2D eigenvalue weighted by Gasteiger charge is 2.14. The van der Waals surface area contributed by atoms with Gasteiger partial charge in [0, 0.05) is 6.54 Å². The lowest BCUT2D eigenvalue weighted by atomic mass is 10.5. The van der Waals surface area contributed by atoms with Crippen LogP contribution in [-0.2, 0) is 10.0 Å². The predicted octanol–water partition coefficient (Wildman–Crippen LogP) is 0.210. The van der Waals surface area contributed by atoms with E-state index in [2.05, 4.69) is 31.8 Å². The van der Waals surface area contributed by atoms with E-state index in [4.69, 9.17) is 0 Å². The van der Waals surface area contributed by atoms with Crippen LogP contribution in [0.1, 0.15) is 13.8 Å². The highest BCUT2D eigenvalue weighted by molar-refractivity contribution is 7.89. The normalized spacial score (nSPS) is 10.5. The maximum Gasteiger partial charge on any atom is 0.259 e. The number of sulfonamides is 1. The summed E-state index contributed by atoms with van der Waals surface area (Å²) in [5.74, 6) is 6.02. The lowest BCUT2D eigenvalue weighted by molar-refractivity contribution is 0.579. The number of anilines is 1. The van der Waals surface area contributed by atoms with E-state index in [-0.39, 0.29) is 5.03 Å². The van der Waals surface area contributed by atoms with E-state index in [9.17, 15) is 8.42 Å². The molecule has 0 amide bonds. The summed E-state index contributed by atoms with van der Waals surface area (Å²) < 4.78 is 25.4. The van der Waals surface area contributed by atoms with Crippen LogP contribution in [0.3, 0.4) is 0 Å². The van der Waals surface area contributed by atoms with Gasteiger partial charge in [-0.3, -0.25) is 0 Å². The van der Waals surface area contributed by atoms with Crippen LogP contribution in [-0.4, -0.2) is 31.5 Å². The van der Waals surface area contributed by atoms with Gasteiger partial charge in [0.1, 0.15) is 5.82 Å². The third kappa shape index (κ3) is 4.01. The van der Waals surface area contributed by atoms with Gasteiger partial charge in [-0.15, -0.1) is 5.92 Å². The summed E-state index contributed by atoms with van der Waals surface area (Å²) in [6.45, 7) is 4.20. The summed E-state index contributed by atoms with van der Waals surface area (Å²) in [4.78, 5) is 7.76. The zero-order valence-electron chi connectivity index (χ0n) is 9.69. The summed E-state index contributed by atoms with van der Waals surface area (Å²) >= 11 is 0. The van der Waals surface area contributed by atoms with Gasteiger partial charge in [-0.25, -0.2) is 23.1 Å². The molecule has 0 fully saturated rings. The second-order valence-electron chi connectivity index (χ2n) is 3.02. The standard InChI is InChI=1S/C10H14N4O2S/c1-3-5-6-11-9-7-13-10(8-12-9)17(15,16)14-4-2/h7-8,14H,4,6H2,1-2H3,(H,11,12). The molecule has 0 saturated carbocycles. The van der Waals surface area contributed by atoms with Crippen LogP contribution in [0, 0.1) is 11.8 Å². The Morgan fingerprint density at radius 2 is 2.12 bits per heavy atom.